The van der Waals surface area contributed by atoms with Crippen LogP contribution in [-0.4, -0.2) is 20.9 Å². The number of aromatic nitrogens is 3. The second-order valence-electron chi connectivity index (χ2n) is 4.63. The first-order valence-electron chi connectivity index (χ1n) is 6.95. The molecular formula is C18H13N3O2. The molecule has 3 aromatic heterocycles. The molecule has 0 spiro atoms. The van der Waals surface area contributed by atoms with Crippen molar-refractivity contribution in [2.24, 2.45) is 0 Å². The van der Waals surface area contributed by atoms with Crippen LogP contribution in [0, 0.1) is 0 Å². The fourth-order valence-corrected chi connectivity index (χ4v) is 2.01. The van der Waals surface area contributed by atoms with Crippen molar-refractivity contribution in [1.82, 2.24) is 15.0 Å². The van der Waals surface area contributed by atoms with Crippen LogP contribution >= 0.6 is 0 Å². The molecule has 3 aromatic rings. The van der Waals surface area contributed by atoms with Crippen LogP contribution in [-0.2, 0) is 4.79 Å². The van der Waals surface area contributed by atoms with Crippen LogP contribution in [0.3, 0.4) is 0 Å². The molecule has 3 rings (SSSR count). The van der Waals surface area contributed by atoms with Crippen LogP contribution in [0.25, 0.3) is 22.8 Å². The molecule has 5 heteroatoms. The highest BCUT2D eigenvalue weighted by atomic mass is 16.5. The number of nitrogens with zero attached hydrogens (tertiary/aromatic N) is 3. The summed E-state index contributed by atoms with van der Waals surface area (Å²) in [6.07, 6.45) is 4.47. The fraction of sp³-hybridized carbons (Fsp3) is 0. The SMILES string of the molecule is C=CC(=O)Oc1cc(-c2ccccn2)nc(-c2ccccn2)c1. The molecule has 0 bridgehead atoms. The number of ether oxygens (including phenoxy) is 1. The molecule has 0 amide bonds. The molecule has 0 aromatic carbocycles. The standard InChI is InChI=1S/C18H13N3O2/c1-2-18(22)23-13-11-16(14-7-3-5-9-19-14)21-17(12-13)15-8-4-6-10-20-15/h2-12H,1H2. The number of carbonyl (C=O) groups is 1. The smallest absolute Gasteiger partial charge is 0.335 e. The largest absolute Gasteiger partial charge is 0.423 e. The summed E-state index contributed by atoms with van der Waals surface area (Å²) < 4.78 is 5.24. The van der Waals surface area contributed by atoms with E-state index in [1.54, 1.807) is 24.5 Å². The minimum atomic E-state index is -0.532. The van der Waals surface area contributed by atoms with Gasteiger partial charge in [0.2, 0.25) is 0 Å². The lowest BCUT2D eigenvalue weighted by molar-refractivity contribution is -0.128. The summed E-state index contributed by atoms with van der Waals surface area (Å²) in [5.41, 5.74) is 2.56. The number of hydrogen-bond acceptors (Lipinski definition) is 5. The molecule has 0 saturated heterocycles. The number of pyridine rings is 3. The van der Waals surface area contributed by atoms with Gasteiger partial charge in [0.1, 0.15) is 5.75 Å². The molecule has 0 aliphatic rings. The Hall–Kier alpha value is -3.34. The zero-order valence-electron chi connectivity index (χ0n) is 12.2. The molecule has 5 nitrogen and oxygen atoms in total. The van der Waals surface area contributed by atoms with Crippen molar-refractivity contribution in [3.8, 4) is 28.5 Å². The van der Waals surface area contributed by atoms with Crippen LogP contribution in [0.5, 0.6) is 5.75 Å². The average molecular weight is 303 g/mol. The predicted molar refractivity (Wildman–Crippen MR) is 86.5 cm³/mol. The lowest BCUT2D eigenvalue weighted by atomic mass is 10.2. The lowest BCUT2D eigenvalue weighted by Crippen LogP contribution is -2.04. The summed E-state index contributed by atoms with van der Waals surface area (Å²) in [4.78, 5) is 24.6. The van der Waals surface area contributed by atoms with Gasteiger partial charge in [-0.25, -0.2) is 9.78 Å². The third kappa shape index (κ3) is 3.47. The third-order valence-electron chi connectivity index (χ3n) is 3.04. The van der Waals surface area contributed by atoms with E-state index in [1.807, 2.05) is 36.4 Å². The Morgan fingerprint density at radius 1 is 0.913 bits per heavy atom. The average Bonchev–Trinajstić information content (AvgIpc) is 2.63. The third-order valence-corrected chi connectivity index (χ3v) is 3.04. The van der Waals surface area contributed by atoms with E-state index in [-0.39, 0.29) is 0 Å². The summed E-state index contributed by atoms with van der Waals surface area (Å²) in [6, 6.07) is 14.4. The van der Waals surface area contributed by atoms with Gasteiger partial charge in [-0.2, -0.15) is 0 Å². The minimum Gasteiger partial charge on any atom is -0.423 e. The Bertz CT molecular complexity index is 776. The molecule has 0 atom stereocenters. The summed E-state index contributed by atoms with van der Waals surface area (Å²) in [6.45, 7) is 3.40. The van der Waals surface area contributed by atoms with Crippen molar-refractivity contribution in [2.45, 2.75) is 0 Å². The normalized spacial score (nSPS) is 10.1. The Labute approximate surface area is 133 Å². The highest BCUT2D eigenvalue weighted by Crippen LogP contribution is 2.26. The van der Waals surface area contributed by atoms with Gasteiger partial charge < -0.3 is 4.74 Å². The maximum atomic E-state index is 11.5. The Morgan fingerprint density at radius 2 is 1.48 bits per heavy atom. The van der Waals surface area contributed by atoms with Crippen molar-refractivity contribution in [3.63, 3.8) is 0 Å². The lowest BCUT2D eigenvalue weighted by Gasteiger charge is -2.08. The first kappa shape index (κ1) is 14.6. The highest BCUT2D eigenvalue weighted by Gasteiger charge is 2.11. The zero-order chi connectivity index (χ0) is 16.1. The fourth-order valence-electron chi connectivity index (χ4n) is 2.01. The van der Waals surface area contributed by atoms with Crippen LogP contribution in [0.2, 0.25) is 0 Å². The summed E-state index contributed by atoms with van der Waals surface area (Å²) in [5.74, 6) is -0.165. The van der Waals surface area contributed by atoms with Crippen LogP contribution in [0.15, 0.2) is 73.6 Å². The van der Waals surface area contributed by atoms with Gasteiger partial charge in [0.15, 0.2) is 0 Å². The zero-order valence-corrected chi connectivity index (χ0v) is 12.2. The summed E-state index contributed by atoms with van der Waals surface area (Å²) >= 11 is 0. The summed E-state index contributed by atoms with van der Waals surface area (Å²) in [5, 5.41) is 0. The van der Waals surface area contributed by atoms with Crippen molar-refractivity contribution in [3.05, 3.63) is 73.6 Å². The topological polar surface area (TPSA) is 65.0 Å². The Morgan fingerprint density at radius 3 is 1.91 bits per heavy atom. The van der Waals surface area contributed by atoms with Crippen molar-refractivity contribution in [2.75, 3.05) is 0 Å². The molecule has 0 aliphatic heterocycles. The van der Waals surface area contributed by atoms with Gasteiger partial charge in [0.25, 0.3) is 0 Å². The molecule has 3 heterocycles. The highest BCUT2D eigenvalue weighted by molar-refractivity contribution is 5.83. The van der Waals surface area contributed by atoms with Crippen molar-refractivity contribution >= 4 is 5.97 Å². The van der Waals surface area contributed by atoms with E-state index in [4.69, 9.17) is 4.74 Å². The molecule has 0 unspecified atom stereocenters. The van der Waals surface area contributed by atoms with E-state index >= 15 is 0 Å². The molecule has 0 saturated carbocycles. The molecular weight excluding hydrogens is 290 g/mol. The van der Waals surface area contributed by atoms with E-state index in [1.165, 1.54) is 0 Å². The molecule has 23 heavy (non-hydrogen) atoms. The molecule has 112 valence electrons. The van der Waals surface area contributed by atoms with Gasteiger partial charge in [0.05, 0.1) is 22.8 Å². The summed E-state index contributed by atoms with van der Waals surface area (Å²) in [7, 11) is 0. The van der Waals surface area contributed by atoms with Crippen LogP contribution < -0.4 is 4.74 Å². The molecule has 0 fully saturated rings. The number of esters is 1. The number of carbonyl (C=O) groups excluding carboxylic acids is 1. The van der Waals surface area contributed by atoms with E-state index in [0.717, 1.165) is 6.08 Å². The van der Waals surface area contributed by atoms with Crippen molar-refractivity contribution in [1.29, 1.82) is 0 Å². The van der Waals surface area contributed by atoms with E-state index < -0.39 is 5.97 Å². The van der Waals surface area contributed by atoms with Gasteiger partial charge in [-0.05, 0) is 24.3 Å². The quantitative estimate of drug-likeness (QED) is 0.546. The van der Waals surface area contributed by atoms with Gasteiger partial charge in [0, 0.05) is 30.6 Å². The first-order valence-corrected chi connectivity index (χ1v) is 6.95. The van der Waals surface area contributed by atoms with Gasteiger partial charge in [-0.1, -0.05) is 18.7 Å². The van der Waals surface area contributed by atoms with E-state index in [2.05, 4.69) is 21.5 Å². The Kier molecular flexibility index (Phi) is 4.20. The molecule has 0 N–H and O–H groups in total. The molecule has 0 aliphatic carbocycles. The Balaban J connectivity index is 2.11. The second-order valence-corrected chi connectivity index (χ2v) is 4.63. The van der Waals surface area contributed by atoms with E-state index in [9.17, 15) is 4.79 Å². The first-order chi connectivity index (χ1) is 11.3. The second kappa shape index (κ2) is 6.62. The minimum absolute atomic E-state index is 0.367. The van der Waals surface area contributed by atoms with Gasteiger partial charge in [-0.3, -0.25) is 9.97 Å². The van der Waals surface area contributed by atoms with Crippen LogP contribution in [0.1, 0.15) is 0 Å². The van der Waals surface area contributed by atoms with Crippen LogP contribution in [0.4, 0.5) is 0 Å². The monoisotopic (exact) mass is 303 g/mol. The number of rotatable bonds is 4. The predicted octanol–water partition coefficient (Wildman–Crippen LogP) is 3.30. The maximum absolute atomic E-state index is 11.5. The molecule has 0 radical (unpaired) electrons. The maximum Gasteiger partial charge on any atom is 0.335 e. The van der Waals surface area contributed by atoms with E-state index in [0.29, 0.717) is 28.5 Å². The van der Waals surface area contributed by atoms with Crippen molar-refractivity contribution < 1.29 is 9.53 Å². The van der Waals surface area contributed by atoms with Gasteiger partial charge >= 0.3 is 5.97 Å². The number of hydrogen-bond donors (Lipinski definition) is 0. The van der Waals surface area contributed by atoms with Gasteiger partial charge in [-0.15, -0.1) is 0 Å².